The van der Waals surface area contributed by atoms with Crippen molar-refractivity contribution in [2.45, 2.75) is 6.18 Å². The van der Waals surface area contributed by atoms with Gasteiger partial charge in [0, 0.05) is 5.69 Å². The molecule has 0 aliphatic rings. The lowest BCUT2D eigenvalue weighted by atomic mass is 10.2. The number of hydrogen-bond donors (Lipinski definition) is 1. The van der Waals surface area contributed by atoms with Gasteiger partial charge in [-0.05, 0) is 35.5 Å². The summed E-state index contributed by atoms with van der Waals surface area (Å²) in [4.78, 5) is 18.1. The number of carbonyl (C=O) groups is 1. The summed E-state index contributed by atoms with van der Waals surface area (Å²) < 4.78 is 38.4. The largest absolute Gasteiger partial charge is 0.417 e. The molecule has 1 heterocycles. The number of rotatable bonds is 4. The first kappa shape index (κ1) is 17.0. The Bertz CT molecular complexity index is 927. The van der Waals surface area contributed by atoms with E-state index in [0.29, 0.717) is 11.0 Å². The Kier molecular flexibility index (Phi) is 4.49. The van der Waals surface area contributed by atoms with Crippen LogP contribution in [-0.4, -0.2) is 27.7 Å². The highest BCUT2D eigenvalue weighted by molar-refractivity contribution is 6.31. The van der Waals surface area contributed by atoms with E-state index in [2.05, 4.69) is 15.6 Å². The van der Waals surface area contributed by atoms with E-state index >= 15 is 0 Å². The fourth-order valence-corrected chi connectivity index (χ4v) is 2.30. The number of aromatic nitrogens is 3. The van der Waals surface area contributed by atoms with Crippen molar-refractivity contribution < 1.29 is 22.8 Å². The Morgan fingerprint density at radius 3 is 2.76 bits per heavy atom. The third kappa shape index (κ3) is 3.82. The van der Waals surface area contributed by atoms with E-state index in [4.69, 9.17) is 16.4 Å². The standard InChI is InChI=1S/C15H10ClF3N4O2/c16-11-6-5-9(7-10(11)15(17,18)19)20-14(24)8-25-23-13-4-2-1-3-12(13)21-22-23/h1-7H,8H2,(H,20,24). The molecule has 1 amide bonds. The third-order valence-corrected chi connectivity index (χ3v) is 3.52. The van der Waals surface area contributed by atoms with Crippen LogP contribution in [0.4, 0.5) is 18.9 Å². The van der Waals surface area contributed by atoms with Crippen LogP contribution >= 0.6 is 11.6 Å². The number of hydrogen-bond acceptors (Lipinski definition) is 4. The second-order valence-corrected chi connectivity index (χ2v) is 5.37. The summed E-state index contributed by atoms with van der Waals surface area (Å²) in [5.74, 6) is -0.657. The lowest BCUT2D eigenvalue weighted by Gasteiger charge is -2.12. The molecule has 0 spiro atoms. The predicted molar refractivity (Wildman–Crippen MR) is 84.1 cm³/mol. The van der Waals surface area contributed by atoms with E-state index in [1.807, 2.05) is 0 Å². The second-order valence-electron chi connectivity index (χ2n) is 4.97. The van der Waals surface area contributed by atoms with E-state index < -0.39 is 29.3 Å². The van der Waals surface area contributed by atoms with Crippen molar-refractivity contribution in [1.82, 2.24) is 15.2 Å². The molecular formula is C15H10ClF3N4O2. The van der Waals surface area contributed by atoms with Gasteiger partial charge in [0.1, 0.15) is 11.0 Å². The molecule has 1 aromatic heterocycles. The van der Waals surface area contributed by atoms with Gasteiger partial charge < -0.3 is 10.2 Å². The van der Waals surface area contributed by atoms with Gasteiger partial charge >= 0.3 is 6.18 Å². The third-order valence-electron chi connectivity index (χ3n) is 3.19. The minimum atomic E-state index is -4.62. The molecule has 0 atom stereocenters. The molecule has 0 radical (unpaired) electrons. The van der Waals surface area contributed by atoms with E-state index in [1.54, 1.807) is 24.3 Å². The molecule has 6 nitrogen and oxygen atoms in total. The van der Waals surface area contributed by atoms with Gasteiger partial charge in [0.05, 0.1) is 10.6 Å². The quantitative estimate of drug-likeness (QED) is 0.766. The monoisotopic (exact) mass is 370 g/mol. The zero-order valence-corrected chi connectivity index (χ0v) is 13.2. The van der Waals surface area contributed by atoms with Gasteiger partial charge in [-0.3, -0.25) is 4.79 Å². The van der Waals surface area contributed by atoms with E-state index in [1.165, 1.54) is 6.07 Å². The molecule has 0 bridgehead atoms. The Labute approximate surface area is 144 Å². The first-order chi connectivity index (χ1) is 11.8. The van der Waals surface area contributed by atoms with Crippen molar-refractivity contribution in [2.24, 2.45) is 0 Å². The van der Waals surface area contributed by atoms with Crippen LogP contribution in [0.3, 0.4) is 0 Å². The van der Waals surface area contributed by atoms with Crippen molar-refractivity contribution >= 4 is 34.2 Å². The molecule has 0 aliphatic carbocycles. The maximum Gasteiger partial charge on any atom is 0.417 e. The molecule has 3 rings (SSSR count). The SMILES string of the molecule is O=C(COn1nnc2ccccc21)Nc1ccc(Cl)c(C(F)(F)F)c1. The second kappa shape index (κ2) is 6.60. The average molecular weight is 371 g/mol. The fourth-order valence-electron chi connectivity index (χ4n) is 2.08. The van der Waals surface area contributed by atoms with E-state index in [-0.39, 0.29) is 5.69 Å². The highest BCUT2D eigenvalue weighted by Gasteiger charge is 2.33. The number of para-hydroxylation sites is 1. The van der Waals surface area contributed by atoms with Crippen LogP contribution < -0.4 is 10.2 Å². The summed E-state index contributed by atoms with van der Waals surface area (Å²) in [7, 11) is 0. The smallest absolute Gasteiger partial charge is 0.385 e. The summed E-state index contributed by atoms with van der Waals surface area (Å²) in [5, 5.41) is 9.44. The number of alkyl halides is 3. The number of nitrogens with zero attached hydrogens (tertiary/aromatic N) is 3. The number of amides is 1. The molecule has 0 unspecified atom stereocenters. The Hall–Kier alpha value is -2.81. The zero-order valence-electron chi connectivity index (χ0n) is 12.4. The van der Waals surface area contributed by atoms with Gasteiger partial charge in [-0.25, -0.2) is 0 Å². The number of halogens is 4. The predicted octanol–water partition coefficient (Wildman–Crippen LogP) is 3.17. The Morgan fingerprint density at radius 1 is 1.24 bits per heavy atom. The summed E-state index contributed by atoms with van der Waals surface area (Å²) in [5.41, 5.74) is 0.0560. The summed E-state index contributed by atoms with van der Waals surface area (Å²) in [6, 6.07) is 10.0. The minimum Gasteiger partial charge on any atom is -0.385 e. The van der Waals surface area contributed by atoms with E-state index in [0.717, 1.165) is 17.0 Å². The van der Waals surface area contributed by atoms with Crippen LogP contribution in [0, 0.1) is 0 Å². The topological polar surface area (TPSA) is 69.0 Å². The van der Waals surface area contributed by atoms with Gasteiger partial charge in [0.2, 0.25) is 0 Å². The van der Waals surface area contributed by atoms with Crippen LogP contribution in [0.15, 0.2) is 42.5 Å². The number of nitrogens with one attached hydrogen (secondary N) is 1. The van der Waals surface area contributed by atoms with Gasteiger partial charge in [-0.15, -0.1) is 5.10 Å². The van der Waals surface area contributed by atoms with Gasteiger partial charge in [0.15, 0.2) is 6.61 Å². The van der Waals surface area contributed by atoms with Crippen molar-refractivity contribution in [3.8, 4) is 0 Å². The number of anilines is 1. The van der Waals surface area contributed by atoms with Gasteiger partial charge in [0.25, 0.3) is 5.91 Å². The molecule has 0 fully saturated rings. The summed E-state index contributed by atoms with van der Waals surface area (Å²) in [6.07, 6.45) is -4.62. The lowest BCUT2D eigenvalue weighted by molar-refractivity contribution is -0.137. The van der Waals surface area contributed by atoms with Crippen LogP contribution in [0.2, 0.25) is 5.02 Å². The molecule has 0 saturated heterocycles. The molecule has 0 saturated carbocycles. The van der Waals surface area contributed by atoms with Crippen LogP contribution in [0.1, 0.15) is 5.56 Å². The Morgan fingerprint density at radius 2 is 2.00 bits per heavy atom. The molecule has 130 valence electrons. The van der Waals surface area contributed by atoms with Crippen LogP contribution in [0.25, 0.3) is 11.0 Å². The summed E-state index contributed by atoms with van der Waals surface area (Å²) >= 11 is 5.53. The molecule has 2 aromatic carbocycles. The van der Waals surface area contributed by atoms with Crippen molar-refractivity contribution in [3.05, 3.63) is 53.1 Å². The van der Waals surface area contributed by atoms with Crippen LogP contribution in [-0.2, 0) is 11.0 Å². The number of fused-ring (bicyclic) bond motifs is 1. The van der Waals surface area contributed by atoms with Crippen molar-refractivity contribution in [2.75, 3.05) is 11.9 Å². The molecule has 0 aliphatic heterocycles. The molecule has 25 heavy (non-hydrogen) atoms. The lowest BCUT2D eigenvalue weighted by Crippen LogP contribution is -2.26. The molecular weight excluding hydrogens is 361 g/mol. The summed E-state index contributed by atoms with van der Waals surface area (Å²) in [6.45, 7) is -0.461. The maximum absolute atomic E-state index is 12.8. The normalized spacial score (nSPS) is 11.5. The van der Waals surface area contributed by atoms with E-state index in [9.17, 15) is 18.0 Å². The van der Waals surface area contributed by atoms with Gasteiger partial charge in [-0.2, -0.15) is 13.2 Å². The highest BCUT2D eigenvalue weighted by atomic mass is 35.5. The number of carbonyl (C=O) groups excluding carboxylic acids is 1. The zero-order chi connectivity index (χ0) is 18.0. The number of benzene rings is 2. The molecule has 10 heteroatoms. The minimum absolute atomic E-state index is 0.0474. The average Bonchev–Trinajstić information content (AvgIpc) is 2.97. The first-order valence-corrected chi connectivity index (χ1v) is 7.33. The molecule has 3 aromatic rings. The van der Waals surface area contributed by atoms with Crippen LogP contribution in [0.5, 0.6) is 0 Å². The molecule has 1 N–H and O–H groups in total. The first-order valence-electron chi connectivity index (χ1n) is 6.95. The van der Waals surface area contributed by atoms with Gasteiger partial charge in [-0.1, -0.05) is 28.6 Å². The van der Waals surface area contributed by atoms with Crippen molar-refractivity contribution in [1.29, 1.82) is 0 Å². The Balaban J connectivity index is 1.67. The fraction of sp³-hybridized carbons (Fsp3) is 0.133. The maximum atomic E-state index is 12.8. The van der Waals surface area contributed by atoms with Crippen molar-refractivity contribution in [3.63, 3.8) is 0 Å². The highest BCUT2D eigenvalue weighted by Crippen LogP contribution is 2.36.